The third kappa shape index (κ3) is 2.76. The number of amides is 3. The van der Waals surface area contributed by atoms with E-state index in [-0.39, 0.29) is 42.0 Å². The van der Waals surface area contributed by atoms with Crippen LogP contribution < -0.4 is 5.32 Å². The highest BCUT2D eigenvalue weighted by Crippen LogP contribution is 2.59. The minimum Gasteiger partial charge on any atom is -0.300 e. The summed E-state index contributed by atoms with van der Waals surface area (Å²) in [5.74, 6) is -0.689. The number of imide groups is 1. The van der Waals surface area contributed by atoms with Crippen molar-refractivity contribution in [1.29, 1.82) is 0 Å². The van der Waals surface area contributed by atoms with Crippen LogP contribution in [0.3, 0.4) is 0 Å². The zero-order valence-electron chi connectivity index (χ0n) is 15.1. The van der Waals surface area contributed by atoms with Gasteiger partial charge in [0.1, 0.15) is 5.01 Å². The van der Waals surface area contributed by atoms with Crippen LogP contribution >= 0.6 is 11.3 Å². The highest BCUT2D eigenvalue weighted by Gasteiger charge is 2.64. The Morgan fingerprint density at radius 2 is 2.04 bits per heavy atom. The van der Waals surface area contributed by atoms with E-state index in [1.807, 2.05) is 27.7 Å². The summed E-state index contributed by atoms with van der Waals surface area (Å²) in [4.78, 5) is 39.0. The number of nitrogens with one attached hydrogen (secondary N) is 1. The molecule has 0 spiro atoms. The quantitative estimate of drug-likeness (QED) is 0.809. The summed E-state index contributed by atoms with van der Waals surface area (Å²) in [5.41, 5.74) is -0.861. The molecule has 1 saturated heterocycles. The number of aryl methyl sites for hydroxylation is 1. The van der Waals surface area contributed by atoms with Gasteiger partial charge in [0.2, 0.25) is 22.9 Å². The smallest absolute Gasteiger partial charge is 0.235 e. The van der Waals surface area contributed by atoms with Crippen LogP contribution in [0.2, 0.25) is 0 Å². The van der Waals surface area contributed by atoms with E-state index < -0.39 is 5.41 Å². The van der Waals surface area contributed by atoms with E-state index in [9.17, 15) is 14.4 Å². The number of likely N-dealkylation sites (tertiary alicyclic amines) is 1. The maximum atomic E-state index is 12.9. The zero-order chi connectivity index (χ0) is 18.4. The molecule has 2 fully saturated rings. The molecule has 25 heavy (non-hydrogen) atoms. The Bertz CT molecular complexity index is 729. The number of carbonyl (C=O) groups is 3. The van der Waals surface area contributed by atoms with Crippen molar-refractivity contribution in [3.8, 4) is 0 Å². The molecule has 2 heterocycles. The van der Waals surface area contributed by atoms with Gasteiger partial charge in [-0.05, 0) is 24.7 Å². The molecule has 136 valence electrons. The fourth-order valence-corrected chi connectivity index (χ4v) is 4.65. The van der Waals surface area contributed by atoms with Gasteiger partial charge >= 0.3 is 0 Å². The van der Waals surface area contributed by atoms with Crippen LogP contribution in [0.4, 0.5) is 5.13 Å². The first-order valence-corrected chi connectivity index (χ1v) is 9.50. The first kappa shape index (κ1) is 18.0. The Morgan fingerprint density at radius 1 is 1.32 bits per heavy atom. The Morgan fingerprint density at radius 3 is 2.68 bits per heavy atom. The lowest BCUT2D eigenvalue weighted by Gasteiger charge is -2.47. The van der Waals surface area contributed by atoms with Crippen LogP contribution in [0.1, 0.15) is 52.0 Å². The summed E-state index contributed by atoms with van der Waals surface area (Å²) in [5, 5.41) is 11.8. The second kappa shape index (κ2) is 6.16. The van der Waals surface area contributed by atoms with Crippen molar-refractivity contribution in [2.24, 2.45) is 16.7 Å². The zero-order valence-corrected chi connectivity index (χ0v) is 15.9. The lowest BCUT2D eigenvalue weighted by molar-refractivity contribution is -0.167. The predicted molar refractivity (Wildman–Crippen MR) is 93.9 cm³/mol. The molecule has 2 aliphatic rings. The fourth-order valence-electron chi connectivity index (χ4n) is 3.96. The molecular weight excluding hydrogens is 340 g/mol. The summed E-state index contributed by atoms with van der Waals surface area (Å²) >= 11 is 1.33. The fraction of sp³-hybridized carbons (Fsp3) is 0.706. The van der Waals surface area contributed by atoms with Gasteiger partial charge in [0.15, 0.2) is 0 Å². The van der Waals surface area contributed by atoms with Crippen LogP contribution in [0.25, 0.3) is 0 Å². The Kier molecular flexibility index (Phi) is 4.43. The van der Waals surface area contributed by atoms with Crippen LogP contribution in [0.5, 0.6) is 0 Å². The summed E-state index contributed by atoms with van der Waals surface area (Å²) in [7, 11) is 0. The monoisotopic (exact) mass is 364 g/mol. The van der Waals surface area contributed by atoms with E-state index in [1.54, 1.807) is 0 Å². The average molecular weight is 364 g/mol. The second-order valence-corrected chi connectivity index (χ2v) is 8.65. The molecular formula is C17H24N4O3S. The number of hydrogen-bond donors (Lipinski definition) is 1. The summed E-state index contributed by atoms with van der Waals surface area (Å²) in [6.45, 7) is 8.04. The number of aromatic nitrogens is 2. The number of anilines is 1. The van der Waals surface area contributed by atoms with Crippen LogP contribution in [0, 0.1) is 16.7 Å². The minimum atomic E-state index is -0.530. The molecule has 1 aliphatic carbocycles. The molecule has 1 aromatic rings. The molecule has 1 aliphatic heterocycles. The first-order chi connectivity index (χ1) is 11.7. The van der Waals surface area contributed by atoms with Gasteiger partial charge in [-0.2, -0.15) is 0 Å². The van der Waals surface area contributed by atoms with E-state index in [0.29, 0.717) is 5.13 Å². The highest BCUT2D eigenvalue weighted by molar-refractivity contribution is 7.15. The number of hydrogen-bond acceptors (Lipinski definition) is 6. The van der Waals surface area contributed by atoms with Crippen molar-refractivity contribution in [1.82, 2.24) is 15.1 Å². The number of carbonyl (C=O) groups excluding carboxylic acids is 3. The van der Waals surface area contributed by atoms with Crippen molar-refractivity contribution >= 4 is 34.2 Å². The first-order valence-electron chi connectivity index (χ1n) is 8.68. The van der Waals surface area contributed by atoms with E-state index in [1.165, 1.54) is 16.2 Å². The molecule has 1 N–H and O–H groups in total. The van der Waals surface area contributed by atoms with E-state index in [4.69, 9.17) is 0 Å². The van der Waals surface area contributed by atoms with E-state index in [2.05, 4.69) is 15.5 Å². The third-order valence-electron chi connectivity index (χ3n) is 6.09. The molecule has 2 bridgehead atoms. The van der Waals surface area contributed by atoms with Crippen molar-refractivity contribution < 1.29 is 14.4 Å². The van der Waals surface area contributed by atoms with Crippen molar-refractivity contribution in [3.05, 3.63) is 5.01 Å². The Hall–Kier alpha value is -1.83. The topological polar surface area (TPSA) is 92.3 Å². The molecule has 0 radical (unpaired) electrons. The van der Waals surface area contributed by atoms with Crippen molar-refractivity contribution in [3.63, 3.8) is 0 Å². The number of piperidine rings is 1. The number of nitrogens with zero attached hydrogens (tertiary/aromatic N) is 3. The predicted octanol–water partition coefficient (Wildman–Crippen LogP) is 2.24. The number of rotatable bonds is 5. The third-order valence-corrected chi connectivity index (χ3v) is 7.07. The molecule has 0 aromatic carbocycles. The van der Waals surface area contributed by atoms with Crippen LogP contribution in [0.15, 0.2) is 0 Å². The largest absolute Gasteiger partial charge is 0.300 e. The van der Waals surface area contributed by atoms with E-state index in [0.717, 1.165) is 24.3 Å². The van der Waals surface area contributed by atoms with Gasteiger partial charge in [0.25, 0.3) is 0 Å². The lowest BCUT2D eigenvalue weighted by atomic mass is 9.62. The molecule has 8 heteroatoms. The lowest BCUT2D eigenvalue weighted by Crippen LogP contribution is -2.59. The van der Waals surface area contributed by atoms with E-state index >= 15 is 0 Å². The second-order valence-electron chi connectivity index (χ2n) is 7.59. The van der Waals surface area contributed by atoms with Gasteiger partial charge in [-0.25, -0.2) is 0 Å². The highest BCUT2D eigenvalue weighted by atomic mass is 32.1. The molecule has 1 saturated carbocycles. The molecule has 7 nitrogen and oxygen atoms in total. The standard InChI is InChI=1S/C17H24N4O3S/c1-5-12-19-20-15(25-12)18-11(22)7-9-21-13(23)10-6-8-17(4,14(21)24)16(10,2)3/h10H,5-9H2,1-4H3,(H,18,20,22). The van der Waals surface area contributed by atoms with Gasteiger partial charge in [-0.15, -0.1) is 10.2 Å². The molecule has 3 rings (SSSR count). The van der Waals surface area contributed by atoms with Gasteiger partial charge in [0.05, 0.1) is 5.41 Å². The minimum absolute atomic E-state index is 0.0712. The maximum Gasteiger partial charge on any atom is 0.235 e. The van der Waals surface area contributed by atoms with Crippen molar-refractivity contribution in [2.75, 3.05) is 11.9 Å². The Balaban J connectivity index is 1.64. The van der Waals surface area contributed by atoms with Gasteiger partial charge < -0.3 is 5.32 Å². The molecule has 1 aromatic heterocycles. The molecule has 3 amide bonds. The van der Waals surface area contributed by atoms with Crippen LogP contribution in [-0.4, -0.2) is 39.4 Å². The molecule has 2 unspecified atom stereocenters. The Labute approximate surface area is 151 Å². The maximum absolute atomic E-state index is 12.9. The van der Waals surface area contributed by atoms with Crippen LogP contribution in [-0.2, 0) is 20.8 Å². The summed E-state index contributed by atoms with van der Waals surface area (Å²) in [6.07, 6.45) is 2.30. The van der Waals surface area contributed by atoms with Gasteiger partial charge in [0, 0.05) is 18.9 Å². The summed E-state index contributed by atoms with van der Waals surface area (Å²) in [6, 6.07) is 0. The van der Waals surface area contributed by atoms with Crippen molar-refractivity contribution in [2.45, 2.75) is 53.4 Å². The number of fused-ring (bicyclic) bond motifs is 2. The van der Waals surface area contributed by atoms with Gasteiger partial charge in [-0.3, -0.25) is 19.3 Å². The normalized spacial score (nSPS) is 27.7. The van der Waals surface area contributed by atoms with Gasteiger partial charge in [-0.1, -0.05) is 39.0 Å². The molecule has 2 atom stereocenters. The average Bonchev–Trinajstić information content (AvgIpc) is 3.07. The SMILES string of the molecule is CCc1nnc(NC(=O)CCN2C(=O)C3CCC(C)(C2=O)C3(C)C)s1. The summed E-state index contributed by atoms with van der Waals surface area (Å²) < 4.78 is 0.